The summed E-state index contributed by atoms with van der Waals surface area (Å²) >= 11 is 0. The Balaban J connectivity index is 0. The summed E-state index contributed by atoms with van der Waals surface area (Å²) in [6.45, 7) is 6.49. The molecule has 0 aliphatic heterocycles. The molecule has 12 heavy (non-hydrogen) atoms. The molecule has 0 atom stereocenters. The van der Waals surface area contributed by atoms with Gasteiger partial charge in [-0.3, -0.25) is 4.79 Å². The maximum Gasteiger partial charge on any atom is 0.303 e. The SMILES string of the molecule is CCC(C)(C)CCCC(=O)O.Cl. The van der Waals surface area contributed by atoms with Crippen LogP contribution >= 0.6 is 12.4 Å². The van der Waals surface area contributed by atoms with Crippen molar-refractivity contribution in [2.24, 2.45) is 5.41 Å². The lowest BCUT2D eigenvalue weighted by molar-refractivity contribution is -0.137. The van der Waals surface area contributed by atoms with Crippen molar-refractivity contribution in [3.05, 3.63) is 0 Å². The molecule has 0 rings (SSSR count). The molecule has 2 nitrogen and oxygen atoms in total. The number of hydrogen-bond acceptors (Lipinski definition) is 1. The van der Waals surface area contributed by atoms with Gasteiger partial charge in [0.25, 0.3) is 0 Å². The average Bonchev–Trinajstić information content (AvgIpc) is 1.87. The van der Waals surface area contributed by atoms with Gasteiger partial charge in [-0.25, -0.2) is 0 Å². The van der Waals surface area contributed by atoms with Crippen LogP contribution in [0.3, 0.4) is 0 Å². The maximum absolute atomic E-state index is 10.2. The van der Waals surface area contributed by atoms with E-state index in [2.05, 4.69) is 20.8 Å². The van der Waals surface area contributed by atoms with Crippen LogP contribution < -0.4 is 0 Å². The van der Waals surface area contributed by atoms with Gasteiger partial charge in [-0.05, 0) is 18.3 Å². The number of halogens is 1. The zero-order chi connectivity index (χ0) is 8.91. The van der Waals surface area contributed by atoms with Crippen molar-refractivity contribution in [3.63, 3.8) is 0 Å². The minimum atomic E-state index is -0.683. The molecule has 0 bridgehead atoms. The highest BCUT2D eigenvalue weighted by molar-refractivity contribution is 5.85. The number of aliphatic carboxylic acids is 1. The maximum atomic E-state index is 10.2. The lowest BCUT2D eigenvalue weighted by atomic mass is 9.85. The Bertz CT molecular complexity index is 132. The van der Waals surface area contributed by atoms with E-state index in [1.54, 1.807) is 0 Å². The van der Waals surface area contributed by atoms with Gasteiger partial charge in [0.1, 0.15) is 0 Å². The van der Waals surface area contributed by atoms with E-state index in [0.29, 0.717) is 11.8 Å². The van der Waals surface area contributed by atoms with Crippen LogP contribution in [0.2, 0.25) is 0 Å². The van der Waals surface area contributed by atoms with E-state index >= 15 is 0 Å². The van der Waals surface area contributed by atoms with Crippen molar-refractivity contribution in [2.45, 2.75) is 46.5 Å². The first-order chi connectivity index (χ1) is 4.98. The van der Waals surface area contributed by atoms with E-state index in [1.807, 2.05) is 0 Å². The molecule has 3 heteroatoms. The molecule has 0 radical (unpaired) electrons. The van der Waals surface area contributed by atoms with Gasteiger partial charge >= 0.3 is 5.97 Å². The summed E-state index contributed by atoms with van der Waals surface area (Å²) in [4.78, 5) is 10.2. The third-order valence-electron chi connectivity index (χ3n) is 2.20. The molecule has 0 saturated heterocycles. The van der Waals surface area contributed by atoms with Crippen molar-refractivity contribution >= 4 is 18.4 Å². The summed E-state index contributed by atoms with van der Waals surface area (Å²) in [6.07, 6.45) is 3.24. The summed E-state index contributed by atoms with van der Waals surface area (Å²) in [7, 11) is 0. The standard InChI is InChI=1S/C9H18O2.ClH/c1-4-9(2,3)7-5-6-8(10)11;/h4-7H2,1-3H3,(H,10,11);1H. The van der Waals surface area contributed by atoms with Crippen molar-refractivity contribution < 1.29 is 9.90 Å². The molecule has 1 N–H and O–H groups in total. The van der Waals surface area contributed by atoms with Gasteiger partial charge in [0.05, 0.1) is 0 Å². The van der Waals surface area contributed by atoms with Crippen LogP contribution in [0.4, 0.5) is 0 Å². The minimum Gasteiger partial charge on any atom is -0.481 e. The Labute approximate surface area is 80.8 Å². The number of hydrogen-bond donors (Lipinski definition) is 1. The van der Waals surface area contributed by atoms with Crippen LogP contribution in [0.25, 0.3) is 0 Å². The van der Waals surface area contributed by atoms with Crippen molar-refractivity contribution in [1.82, 2.24) is 0 Å². The van der Waals surface area contributed by atoms with E-state index in [1.165, 1.54) is 0 Å². The summed E-state index contributed by atoms with van der Waals surface area (Å²) in [5.41, 5.74) is 0.315. The minimum absolute atomic E-state index is 0. The second-order valence-corrected chi connectivity index (χ2v) is 3.77. The first kappa shape index (κ1) is 14.3. The second-order valence-electron chi connectivity index (χ2n) is 3.77. The molecule has 0 fully saturated rings. The van der Waals surface area contributed by atoms with Crippen LogP contribution in [-0.2, 0) is 4.79 Å². The van der Waals surface area contributed by atoms with E-state index in [0.717, 1.165) is 19.3 Å². The highest BCUT2D eigenvalue weighted by Crippen LogP contribution is 2.26. The first-order valence-electron chi connectivity index (χ1n) is 4.20. The highest BCUT2D eigenvalue weighted by Gasteiger charge is 2.14. The van der Waals surface area contributed by atoms with Crippen molar-refractivity contribution in [2.75, 3.05) is 0 Å². The zero-order valence-corrected chi connectivity index (χ0v) is 8.91. The third kappa shape index (κ3) is 7.86. The number of carboxylic acids is 1. The molecule has 0 aliphatic rings. The molecule has 0 aromatic heterocycles. The zero-order valence-electron chi connectivity index (χ0n) is 8.09. The quantitative estimate of drug-likeness (QED) is 0.731. The van der Waals surface area contributed by atoms with Gasteiger partial charge in [0, 0.05) is 6.42 Å². The molecule has 0 heterocycles. The van der Waals surface area contributed by atoms with Gasteiger partial charge in [0.15, 0.2) is 0 Å². The van der Waals surface area contributed by atoms with Crippen LogP contribution in [0.1, 0.15) is 46.5 Å². The van der Waals surface area contributed by atoms with E-state index in [9.17, 15) is 4.79 Å². The molecule has 0 saturated carbocycles. The molecule has 0 aromatic rings. The normalized spacial score (nSPS) is 10.6. The van der Waals surface area contributed by atoms with Crippen LogP contribution in [0.15, 0.2) is 0 Å². The smallest absolute Gasteiger partial charge is 0.303 e. The van der Waals surface area contributed by atoms with Crippen LogP contribution in [-0.4, -0.2) is 11.1 Å². The van der Waals surface area contributed by atoms with Gasteiger partial charge in [-0.15, -0.1) is 12.4 Å². The van der Waals surface area contributed by atoms with Crippen molar-refractivity contribution in [3.8, 4) is 0 Å². The summed E-state index contributed by atoms with van der Waals surface area (Å²) < 4.78 is 0. The largest absolute Gasteiger partial charge is 0.481 e. The topological polar surface area (TPSA) is 37.3 Å². The van der Waals surface area contributed by atoms with Gasteiger partial charge < -0.3 is 5.11 Å². The molecule has 0 aromatic carbocycles. The highest BCUT2D eigenvalue weighted by atomic mass is 35.5. The Morgan fingerprint density at radius 3 is 2.25 bits per heavy atom. The molecule has 0 spiro atoms. The first-order valence-corrected chi connectivity index (χ1v) is 4.20. The molecule has 0 unspecified atom stereocenters. The Kier molecular flexibility index (Phi) is 7.50. The van der Waals surface area contributed by atoms with Gasteiger partial charge in [-0.2, -0.15) is 0 Å². The lowest BCUT2D eigenvalue weighted by Crippen LogP contribution is -2.10. The molecule has 0 aliphatic carbocycles. The van der Waals surface area contributed by atoms with Gasteiger partial charge in [-0.1, -0.05) is 27.2 Å². The fourth-order valence-corrected chi connectivity index (χ4v) is 0.895. The lowest BCUT2D eigenvalue weighted by Gasteiger charge is -2.21. The molecular formula is C9H19ClO2. The van der Waals surface area contributed by atoms with E-state index < -0.39 is 5.97 Å². The third-order valence-corrected chi connectivity index (χ3v) is 2.20. The molecular weight excluding hydrogens is 176 g/mol. The fourth-order valence-electron chi connectivity index (χ4n) is 0.895. The fraction of sp³-hybridized carbons (Fsp3) is 0.889. The van der Waals surface area contributed by atoms with E-state index in [4.69, 9.17) is 5.11 Å². The Morgan fingerprint density at radius 2 is 1.92 bits per heavy atom. The van der Waals surface area contributed by atoms with E-state index in [-0.39, 0.29) is 12.4 Å². The predicted octanol–water partition coefficient (Wildman–Crippen LogP) is 3.10. The summed E-state index contributed by atoms with van der Waals surface area (Å²) in [6, 6.07) is 0. The summed E-state index contributed by atoms with van der Waals surface area (Å²) in [5.74, 6) is -0.683. The molecule has 0 amide bonds. The average molecular weight is 195 g/mol. The predicted molar refractivity (Wildman–Crippen MR) is 52.8 cm³/mol. The number of rotatable bonds is 5. The monoisotopic (exact) mass is 194 g/mol. The van der Waals surface area contributed by atoms with Gasteiger partial charge in [0.2, 0.25) is 0 Å². The van der Waals surface area contributed by atoms with Crippen molar-refractivity contribution in [1.29, 1.82) is 0 Å². The van der Waals surface area contributed by atoms with Crippen LogP contribution in [0, 0.1) is 5.41 Å². The Morgan fingerprint density at radius 1 is 1.42 bits per heavy atom. The number of carbonyl (C=O) groups is 1. The summed E-state index contributed by atoms with van der Waals surface area (Å²) in [5, 5.41) is 8.38. The second kappa shape index (κ2) is 6.30. The van der Waals surface area contributed by atoms with Crippen LogP contribution in [0.5, 0.6) is 0 Å². The molecule has 74 valence electrons. The number of carboxylic acid groups (broad SMARTS) is 1. The Hall–Kier alpha value is -0.240.